The van der Waals surface area contributed by atoms with E-state index in [1.165, 1.54) is 0 Å². The van der Waals surface area contributed by atoms with E-state index in [0.29, 0.717) is 18.4 Å². The molecule has 0 aliphatic carbocycles. The second-order valence-corrected chi connectivity index (χ2v) is 5.63. The number of ether oxygens (including phenoxy) is 1. The number of aliphatic imine (C=N–C) groups is 1. The lowest BCUT2D eigenvalue weighted by atomic mass is 10.0. The Morgan fingerprint density at radius 1 is 1.30 bits per heavy atom. The van der Waals surface area contributed by atoms with Crippen molar-refractivity contribution in [2.45, 2.75) is 53.7 Å². The largest absolute Gasteiger partial charge is 0.444 e. The molecule has 0 aromatic carbocycles. The van der Waals surface area contributed by atoms with Crippen molar-refractivity contribution in [3.8, 4) is 0 Å². The van der Waals surface area contributed by atoms with Gasteiger partial charge in [-0.25, -0.2) is 4.98 Å². The van der Waals surface area contributed by atoms with Gasteiger partial charge in [0.15, 0.2) is 5.96 Å². The third-order valence-electron chi connectivity index (χ3n) is 3.55. The highest BCUT2D eigenvalue weighted by atomic mass is 127. The van der Waals surface area contributed by atoms with Gasteiger partial charge < -0.3 is 19.8 Å². The number of nitrogens with one attached hydrogen (secondary N) is 2. The second-order valence-electron chi connectivity index (χ2n) is 5.63. The van der Waals surface area contributed by atoms with Crippen LogP contribution in [0.1, 0.15) is 44.5 Å². The summed E-state index contributed by atoms with van der Waals surface area (Å²) in [7, 11) is 1.75. The average Bonchev–Trinajstić information content (AvgIpc) is 2.80. The summed E-state index contributed by atoms with van der Waals surface area (Å²) < 4.78 is 11.3. The second kappa shape index (κ2) is 11.7. The maximum absolute atomic E-state index is 5.74. The fourth-order valence-electron chi connectivity index (χ4n) is 2.15. The SMILES string of the molecule is CCOC(CCNC(=NC)NCc1nc(C)c(C)o1)C(C)C.I. The van der Waals surface area contributed by atoms with Gasteiger partial charge in [0.1, 0.15) is 5.76 Å². The lowest BCUT2D eigenvalue weighted by Crippen LogP contribution is -2.39. The number of nitrogens with zero attached hydrogens (tertiary/aromatic N) is 2. The van der Waals surface area contributed by atoms with Crippen molar-refractivity contribution in [2.75, 3.05) is 20.2 Å². The molecule has 134 valence electrons. The predicted octanol–water partition coefficient (Wildman–Crippen LogP) is 3.03. The van der Waals surface area contributed by atoms with Crippen LogP contribution in [0.5, 0.6) is 0 Å². The van der Waals surface area contributed by atoms with Crippen LogP contribution in [0, 0.1) is 19.8 Å². The molecule has 1 unspecified atom stereocenters. The van der Waals surface area contributed by atoms with E-state index in [4.69, 9.17) is 9.15 Å². The standard InChI is InChI=1S/C16H30N4O2.HI/c1-7-21-14(11(2)3)8-9-18-16(17-6)19-10-15-20-12(4)13(5)22-15;/h11,14H,7-10H2,1-6H3,(H2,17,18,19);1H. The molecule has 0 bridgehead atoms. The van der Waals surface area contributed by atoms with Crippen LogP contribution in [0.25, 0.3) is 0 Å². The molecule has 1 rings (SSSR count). The molecule has 0 saturated heterocycles. The van der Waals surface area contributed by atoms with Gasteiger partial charge in [-0.05, 0) is 33.1 Å². The highest BCUT2D eigenvalue weighted by Gasteiger charge is 2.13. The summed E-state index contributed by atoms with van der Waals surface area (Å²) in [6.45, 7) is 12.3. The quantitative estimate of drug-likeness (QED) is 0.371. The van der Waals surface area contributed by atoms with Gasteiger partial charge >= 0.3 is 0 Å². The summed E-state index contributed by atoms with van der Waals surface area (Å²) >= 11 is 0. The molecule has 0 saturated carbocycles. The van der Waals surface area contributed by atoms with Gasteiger partial charge in [0, 0.05) is 20.2 Å². The smallest absolute Gasteiger partial charge is 0.214 e. The number of hydrogen-bond acceptors (Lipinski definition) is 4. The molecule has 0 fully saturated rings. The molecular formula is C16H31IN4O2. The monoisotopic (exact) mass is 438 g/mol. The summed E-state index contributed by atoms with van der Waals surface area (Å²) in [5, 5.41) is 6.50. The molecule has 1 heterocycles. The lowest BCUT2D eigenvalue weighted by Gasteiger charge is -2.21. The zero-order valence-corrected chi connectivity index (χ0v) is 17.4. The van der Waals surface area contributed by atoms with Crippen LogP contribution in [0.4, 0.5) is 0 Å². The van der Waals surface area contributed by atoms with Crippen LogP contribution in [0.15, 0.2) is 9.41 Å². The van der Waals surface area contributed by atoms with Gasteiger partial charge in [-0.1, -0.05) is 13.8 Å². The molecule has 0 spiro atoms. The average molecular weight is 438 g/mol. The van der Waals surface area contributed by atoms with E-state index in [1.807, 2.05) is 20.8 Å². The Balaban J connectivity index is 0.00000484. The van der Waals surface area contributed by atoms with Crippen LogP contribution in [0.2, 0.25) is 0 Å². The molecular weight excluding hydrogens is 407 g/mol. The van der Waals surface area contributed by atoms with Gasteiger partial charge in [0.25, 0.3) is 0 Å². The third kappa shape index (κ3) is 8.01. The molecule has 6 nitrogen and oxygen atoms in total. The molecule has 0 radical (unpaired) electrons. The van der Waals surface area contributed by atoms with Gasteiger partial charge in [0.2, 0.25) is 5.89 Å². The van der Waals surface area contributed by atoms with Crippen LogP contribution >= 0.6 is 24.0 Å². The highest BCUT2D eigenvalue weighted by Crippen LogP contribution is 2.10. The first-order chi connectivity index (χ1) is 10.5. The zero-order valence-electron chi connectivity index (χ0n) is 15.1. The first kappa shape index (κ1) is 22.2. The van der Waals surface area contributed by atoms with Crippen LogP contribution in [-0.4, -0.2) is 37.2 Å². The molecule has 1 aromatic heterocycles. The van der Waals surface area contributed by atoms with E-state index >= 15 is 0 Å². The molecule has 1 aromatic rings. The summed E-state index contributed by atoms with van der Waals surface area (Å²) in [4.78, 5) is 8.54. The van der Waals surface area contributed by atoms with Gasteiger partial charge in [-0.15, -0.1) is 24.0 Å². The molecule has 2 N–H and O–H groups in total. The molecule has 23 heavy (non-hydrogen) atoms. The van der Waals surface area contributed by atoms with Crippen LogP contribution in [0.3, 0.4) is 0 Å². The van der Waals surface area contributed by atoms with E-state index < -0.39 is 0 Å². The fourth-order valence-corrected chi connectivity index (χ4v) is 2.15. The minimum Gasteiger partial charge on any atom is -0.444 e. The molecule has 0 aliphatic heterocycles. The fraction of sp³-hybridized carbons (Fsp3) is 0.750. The molecule has 7 heteroatoms. The topological polar surface area (TPSA) is 71.7 Å². The minimum atomic E-state index is 0. The normalized spacial score (nSPS) is 12.9. The van der Waals surface area contributed by atoms with Gasteiger partial charge in [-0.2, -0.15) is 0 Å². The zero-order chi connectivity index (χ0) is 16.5. The molecule has 0 amide bonds. The Bertz CT molecular complexity index is 455. The van der Waals surface area contributed by atoms with E-state index in [2.05, 4.69) is 34.5 Å². The lowest BCUT2D eigenvalue weighted by molar-refractivity contribution is 0.0258. The first-order valence-corrected chi connectivity index (χ1v) is 7.96. The number of aryl methyl sites for hydroxylation is 2. The number of rotatable bonds is 8. The summed E-state index contributed by atoms with van der Waals surface area (Å²) in [6, 6.07) is 0. The summed E-state index contributed by atoms with van der Waals surface area (Å²) in [5.41, 5.74) is 0.927. The van der Waals surface area contributed by atoms with Crippen molar-refractivity contribution >= 4 is 29.9 Å². The number of aromatic nitrogens is 1. The maximum Gasteiger partial charge on any atom is 0.214 e. The van der Waals surface area contributed by atoms with Crippen molar-refractivity contribution in [2.24, 2.45) is 10.9 Å². The molecule has 1 atom stereocenters. The van der Waals surface area contributed by atoms with Gasteiger partial charge in [-0.3, -0.25) is 4.99 Å². The van der Waals surface area contributed by atoms with Crippen molar-refractivity contribution in [3.05, 3.63) is 17.3 Å². The summed E-state index contributed by atoms with van der Waals surface area (Å²) in [6.07, 6.45) is 1.22. The number of hydrogen-bond donors (Lipinski definition) is 2. The Morgan fingerprint density at radius 3 is 2.48 bits per heavy atom. The maximum atomic E-state index is 5.74. The highest BCUT2D eigenvalue weighted by molar-refractivity contribution is 14.0. The van der Waals surface area contributed by atoms with E-state index in [1.54, 1.807) is 7.05 Å². The van der Waals surface area contributed by atoms with Crippen molar-refractivity contribution in [3.63, 3.8) is 0 Å². The summed E-state index contributed by atoms with van der Waals surface area (Å²) in [5.74, 6) is 2.78. The third-order valence-corrected chi connectivity index (χ3v) is 3.55. The Morgan fingerprint density at radius 2 is 2.00 bits per heavy atom. The van der Waals surface area contributed by atoms with Crippen LogP contribution in [-0.2, 0) is 11.3 Å². The minimum absolute atomic E-state index is 0. The van der Waals surface area contributed by atoms with E-state index in [-0.39, 0.29) is 30.1 Å². The Labute approximate surface area is 156 Å². The number of oxazole rings is 1. The van der Waals surface area contributed by atoms with Crippen molar-refractivity contribution < 1.29 is 9.15 Å². The number of guanidine groups is 1. The Kier molecular flexibility index (Phi) is 11.2. The first-order valence-electron chi connectivity index (χ1n) is 7.96. The van der Waals surface area contributed by atoms with Crippen molar-refractivity contribution in [1.82, 2.24) is 15.6 Å². The van der Waals surface area contributed by atoms with Crippen molar-refractivity contribution in [1.29, 1.82) is 0 Å². The number of halogens is 1. The molecule has 0 aliphatic rings. The Hall–Kier alpha value is -0.830. The van der Waals surface area contributed by atoms with Crippen LogP contribution < -0.4 is 10.6 Å². The van der Waals surface area contributed by atoms with E-state index in [9.17, 15) is 0 Å². The predicted molar refractivity (Wildman–Crippen MR) is 104 cm³/mol. The van der Waals surface area contributed by atoms with Gasteiger partial charge in [0.05, 0.1) is 18.3 Å². The van der Waals surface area contributed by atoms with E-state index in [0.717, 1.165) is 37.0 Å².